The van der Waals surface area contributed by atoms with E-state index in [1.165, 1.54) is 5.56 Å². The summed E-state index contributed by atoms with van der Waals surface area (Å²) in [6, 6.07) is 21.7. The molecule has 0 spiro atoms. The molecule has 6 nitrogen and oxygen atoms in total. The molecule has 6 heteroatoms. The largest absolute Gasteiger partial charge is 0.397 e. The number of anilines is 2. The van der Waals surface area contributed by atoms with Gasteiger partial charge in [-0.15, -0.1) is 6.58 Å². The maximum atomic E-state index is 13.3. The zero-order chi connectivity index (χ0) is 24.9. The fourth-order valence-corrected chi connectivity index (χ4v) is 4.76. The van der Waals surface area contributed by atoms with Crippen molar-refractivity contribution < 1.29 is 9.53 Å². The van der Waals surface area contributed by atoms with Gasteiger partial charge in [0.1, 0.15) is 0 Å². The lowest BCUT2D eigenvalue weighted by Crippen LogP contribution is -2.38. The number of nitrogens with one attached hydrogen (secondary N) is 1. The van der Waals surface area contributed by atoms with Gasteiger partial charge in [-0.2, -0.15) is 0 Å². The SMILES string of the molecule is C=CCc1cn(CCN2CCOCC2)c2ccc(C(=O)Nc3cc(-c4ccccc4)ccc3N)cc12. The zero-order valence-corrected chi connectivity index (χ0v) is 20.5. The molecule has 0 aliphatic carbocycles. The summed E-state index contributed by atoms with van der Waals surface area (Å²) in [6.45, 7) is 9.32. The van der Waals surface area contributed by atoms with Crippen LogP contribution in [0.1, 0.15) is 15.9 Å². The predicted molar refractivity (Wildman–Crippen MR) is 147 cm³/mol. The van der Waals surface area contributed by atoms with E-state index in [4.69, 9.17) is 10.5 Å². The first kappa shape index (κ1) is 23.9. The zero-order valence-electron chi connectivity index (χ0n) is 20.5. The van der Waals surface area contributed by atoms with Gasteiger partial charge in [-0.3, -0.25) is 9.69 Å². The van der Waals surface area contributed by atoms with Gasteiger partial charge < -0.3 is 20.4 Å². The molecule has 1 aliphatic heterocycles. The maximum absolute atomic E-state index is 13.3. The van der Waals surface area contributed by atoms with E-state index in [2.05, 4.69) is 27.6 Å². The maximum Gasteiger partial charge on any atom is 0.255 e. The first-order chi connectivity index (χ1) is 17.6. The number of hydrogen-bond donors (Lipinski definition) is 2. The molecule has 3 aromatic carbocycles. The van der Waals surface area contributed by atoms with Gasteiger partial charge in [-0.1, -0.05) is 42.5 Å². The van der Waals surface area contributed by atoms with Gasteiger partial charge in [0.2, 0.25) is 0 Å². The molecular formula is C30H32N4O2. The number of morpholine rings is 1. The van der Waals surface area contributed by atoms with E-state index in [-0.39, 0.29) is 5.91 Å². The number of amides is 1. The molecule has 4 aromatic rings. The van der Waals surface area contributed by atoms with E-state index in [0.717, 1.165) is 67.8 Å². The summed E-state index contributed by atoms with van der Waals surface area (Å²) in [7, 11) is 0. The lowest BCUT2D eigenvalue weighted by atomic mass is 10.0. The molecule has 3 N–H and O–H groups in total. The number of ether oxygens (including phenoxy) is 1. The second kappa shape index (κ2) is 10.8. The number of rotatable bonds is 8. The average molecular weight is 481 g/mol. The van der Waals surface area contributed by atoms with Gasteiger partial charge in [-0.05, 0) is 53.4 Å². The molecule has 184 valence electrons. The first-order valence-electron chi connectivity index (χ1n) is 12.4. The van der Waals surface area contributed by atoms with E-state index in [1.807, 2.05) is 72.8 Å². The molecule has 1 amide bonds. The summed E-state index contributed by atoms with van der Waals surface area (Å²) in [4.78, 5) is 15.7. The highest BCUT2D eigenvalue weighted by Crippen LogP contribution is 2.29. The van der Waals surface area contributed by atoms with Crippen molar-refractivity contribution >= 4 is 28.2 Å². The molecule has 0 atom stereocenters. The normalized spacial score (nSPS) is 14.1. The topological polar surface area (TPSA) is 72.5 Å². The van der Waals surface area contributed by atoms with Crippen LogP contribution in [0, 0.1) is 0 Å². The molecule has 0 bridgehead atoms. The summed E-state index contributed by atoms with van der Waals surface area (Å²) < 4.78 is 7.75. The minimum absolute atomic E-state index is 0.181. The van der Waals surface area contributed by atoms with Gasteiger partial charge >= 0.3 is 0 Å². The number of allylic oxidation sites excluding steroid dienone is 1. The first-order valence-corrected chi connectivity index (χ1v) is 12.4. The minimum Gasteiger partial charge on any atom is -0.397 e. The number of nitrogens with two attached hydrogens (primary N) is 1. The molecule has 0 saturated carbocycles. The van der Waals surface area contributed by atoms with Crippen molar-refractivity contribution in [2.45, 2.75) is 13.0 Å². The van der Waals surface area contributed by atoms with Crippen LogP contribution in [0.3, 0.4) is 0 Å². The van der Waals surface area contributed by atoms with Crippen LogP contribution in [0.2, 0.25) is 0 Å². The number of nitrogen functional groups attached to an aromatic ring is 1. The molecule has 1 aromatic heterocycles. The van der Waals surface area contributed by atoms with Gasteiger partial charge in [0.15, 0.2) is 0 Å². The number of nitrogens with zero attached hydrogens (tertiary/aromatic N) is 2. The molecule has 1 saturated heterocycles. The number of carbonyl (C=O) groups is 1. The smallest absolute Gasteiger partial charge is 0.255 e. The van der Waals surface area contributed by atoms with Crippen LogP contribution >= 0.6 is 0 Å². The van der Waals surface area contributed by atoms with E-state index < -0.39 is 0 Å². The Kier molecular flexibility index (Phi) is 7.16. The van der Waals surface area contributed by atoms with Crippen LogP contribution < -0.4 is 11.1 Å². The van der Waals surface area contributed by atoms with Crippen LogP contribution in [0.4, 0.5) is 11.4 Å². The van der Waals surface area contributed by atoms with Crippen molar-refractivity contribution in [3.63, 3.8) is 0 Å². The average Bonchev–Trinajstić information content (AvgIpc) is 3.26. The second-order valence-electron chi connectivity index (χ2n) is 9.15. The van der Waals surface area contributed by atoms with E-state index in [9.17, 15) is 4.79 Å². The molecule has 2 heterocycles. The molecule has 36 heavy (non-hydrogen) atoms. The van der Waals surface area contributed by atoms with Crippen LogP contribution in [-0.2, 0) is 17.7 Å². The predicted octanol–water partition coefficient (Wildman–Crippen LogP) is 5.20. The van der Waals surface area contributed by atoms with Gasteiger partial charge in [0.25, 0.3) is 5.91 Å². The number of benzene rings is 3. The van der Waals surface area contributed by atoms with Crippen LogP contribution in [0.25, 0.3) is 22.0 Å². The third kappa shape index (κ3) is 5.20. The Morgan fingerprint density at radius 1 is 1.00 bits per heavy atom. The molecule has 0 radical (unpaired) electrons. The Hall–Kier alpha value is -3.87. The lowest BCUT2D eigenvalue weighted by Gasteiger charge is -2.26. The highest BCUT2D eigenvalue weighted by atomic mass is 16.5. The highest BCUT2D eigenvalue weighted by molar-refractivity contribution is 6.08. The van der Waals surface area contributed by atoms with Crippen molar-refractivity contribution in [1.29, 1.82) is 0 Å². The number of fused-ring (bicyclic) bond motifs is 1. The summed E-state index contributed by atoms with van der Waals surface area (Å²) in [5, 5.41) is 4.10. The molecular weight excluding hydrogens is 448 g/mol. The fraction of sp³-hybridized carbons (Fsp3) is 0.233. The third-order valence-corrected chi connectivity index (χ3v) is 6.76. The van der Waals surface area contributed by atoms with Gasteiger partial charge in [0.05, 0.1) is 24.6 Å². The van der Waals surface area contributed by atoms with Gasteiger partial charge in [0, 0.05) is 48.8 Å². The summed E-state index contributed by atoms with van der Waals surface area (Å²) in [5.41, 5.74) is 12.3. The Labute approximate surface area is 212 Å². The Balaban J connectivity index is 1.38. The van der Waals surface area contributed by atoms with Crippen molar-refractivity contribution in [2.75, 3.05) is 43.9 Å². The fourth-order valence-electron chi connectivity index (χ4n) is 4.76. The van der Waals surface area contributed by atoms with E-state index in [1.54, 1.807) is 0 Å². The highest BCUT2D eigenvalue weighted by Gasteiger charge is 2.15. The standard InChI is InChI=1S/C30H32N4O2/c1-2-6-25-21-34(14-13-33-15-17-36-18-16-33)29-12-10-24(19-26(25)29)30(35)32-28-20-23(9-11-27(28)31)22-7-4-3-5-8-22/h2-5,7-12,19-21H,1,6,13-18,31H2,(H,32,35). The lowest BCUT2D eigenvalue weighted by molar-refractivity contribution is 0.0365. The van der Waals surface area contributed by atoms with Crippen LogP contribution in [0.5, 0.6) is 0 Å². The Bertz CT molecular complexity index is 1370. The van der Waals surface area contributed by atoms with Crippen molar-refractivity contribution in [2.24, 2.45) is 0 Å². The second-order valence-corrected chi connectivity index (χ2v) is 9.15. The van der Waals surface area contributed by atoms with Crippen molar-refractivity contribution in [3.05, 3.63) is 96.7 Å². The van der Waals surface area contributed by atoms with Gasteiger partial charge in [-0.25, -0.2) is 0 Å². The van der Waals surface area contributed by atoms with Crippen LogP contribution in [-0.4, -0.2) is 48.2 Å². The van der Waals surface area contributed by atoms with E-state index >= 15 is 0 Å². The number of hydrogen-bond acceptors (Lipinski definition) is 4. The minimum atomic E-state index is -0.181. The summed E-state index contributed by atoms with van der Waals surface area (Å²) >= 11 is 0. The number of carbonyl (C=O) groups excluding carboxylic acids is 1. The molecule has 1 fully saturated rings. The summed E-state index contributed by atoms with van der Waals surface area (Å²) in [6.07, 6.45) is 4.84. The third-order valence-electron chi connectivity index (χ3n) is 6.76. The number of aromatic nitrogens is 1. The van der Waals surface area contributed by atoms with Crippen LogP contribution in [0.15, 0.2) is 85.6 Å². The molecule has 1 aliphatic rings. The monoisotopic (exact) mass is 480 g/mol. The molecule has 5 rings (SSSR count). The van der Waals surface area contributed by atoms with E-state index in [0.29, 0.717) is 16.9 Å². The van der Waals surface area contributed by atoms with Crippen molar-refractivity contribution in [3.8, 4) is 11.1 Å². The Morgan fingerprint density at radius 2 is 1.81 bits per heavy atom. The Morgan fingerprint density at radius 3 is 2.58 bits per heavy atom. The molecule has 0 unspecified atom stereocenters. The quantitative estimate of drug-likeness (QED) is 0.268. The summed E-state index contributed by atoms with van der Waals surface area (Å²) in [5.74, 6) is -0.181. The van der Waals surface area contributed by atoms with Crippen molar-refractivity contribution in [1.82, 2.24) is 9.47 Å².